The number of benzene rings is 2. The molecule has 0 radical (unpaired) electrons. The van der Waals surface area contributed by atoms with E-state index in [4.69, 9.17) is 0 Å². The number of rotatable bonds is 4. The van der Waals surface area contributed by atoms with Crippen LogP contribution in [0.3, 0.4) is 0 Å². The SMILES string of the molecule is O=c1[nH]nc(CNS(=O)(=O)c2ccccc2)c2ccccc12. The fourth-order valence-corrected chi connectivity index (χ4v) is 3.16. The van der Waals surface area contributed by atoms with Gasteiger partial charge in [0.15, 0.2) is 0 Å². The number of H-pyrrole nitrogens is 1. The van der Waals surface area contributed by atoms with Crippen molar-refractivity contribution < 1.29 is 8.42 Å². The number of hydrogen-bond donors (Lipinski definition) is 2. The lowest BCUT2D eigenvalue weighted by Gasteiger charge is -2.08. The molecule has 6 nitrogen and oxygen atoms in total. The Hall–Kier alpha value is -2.51. The molecule has 7 heteroatoms. The van der Waals surface area contributed by atoms with Crippen molar-refractivity contribution in [1.82, 2.24) is 14.9 Å². The summed E-state index contributed by atoms with van der Waals surface area (Å²) in [6.07, 6.45) is 0. The summed E-state index contributed by atoms with van der Waals surface area (Å²) < 4.78 is 26.9. The molecule has 0 amide bonds. The molecule has 1 aromatic heterocycles. The number of fused-ring (bicyclic) bond motifs is 1. The summed E-state index contributed by atoms with van der Waals surface area (Å²) in [5.41, 5.74) is 0.167. The molecule has 3 rings (SSSR count). The maximum atomic E-state index is 12.2. The summed E-state index contributed by atoms with van der Waals surface area (Å²) in [7, 11) is -3.62. The monoisotopic (exact) mass is 315 g/mol. The van der Waals surface area contributed by atoms with Crippen molar-refractivity contribution in [2.24, 2.45) is 0 Å². The summed E-state index contributed by atoms with van der Waals surface area (Å²) in [5, 5.41) is 7.42. The van der Waals surface area contributed by atoms with Crippen molar-refractivity contribution in [2.75, 3.05) is 0 Å². The molecule has 0 aliphatic rings. The normalized spacial score (nSPS) is 11.6. The zero-order chi connectivity index (χ0) is 15.6. The molecule has 0 aliphatic carbocycles. The molecule has 0 fully saturated rings. The lowest BCUT2D eigenvalue weighted by molar-refractivity contribution is 0.580. The third kappa shape index (κ3) is 2.76. The average molecular weight is 315 g/mol. The van der Waals surface area contributed by atoms with Crippen LogP contribution in [-0.4, -0.2) is 18.6 Å². The number of aromatic amines is 1. The number of nitrogens with zero attached hydrogens (tertiary/aromatic N) is 1. The molecule has 0 spiro atoms. The van der Waals surface area contributed by atoms with E-state index in [-0.39, 0.29) is 17.0 Å². The van der Waals surface area contributed by atoms with Gasteiger partial charge in [0.05, 0.1) is 22.5 Å². The van der Waals surface area contributed by atoms with Gasteiger partial charge in [-0.15, -0.1) is 0 Å². The van der Waals surface area contributed by atoms with Crippen molar-refractivity contribution in [2.45, 2.75) is 11.4 Å². The van der Waals surface area contributed by atoms with E-state index in [9.17, 15) is 13.2 Å². The van der Waals surface area contributed by atoms with Crippen LogP contribution in [0.2, 0.25) is 0 Å². The van der Waals surface area contributed by atoms with Gasteiger partial charge in [0.2, 0.25) is 10.0 Å². The minimum absolute atomic E-state index is 0.00544. The van der Waals surface area contributed by atoms with Gasteiger partial charge in [0.1, 0.15) is 0 Å². The summed E-state index contributed by atoms with van der Waals surface area (Å²) >= 11 is 0. The van der Waals surface area contributed by atoms with Crippen LogP contribution in [0.4, 0.5) is 0 Å². The van der Waals surface area contributed by atoms with E-state index in [0.29, 0.717) is 16.5 Å². The smallest absolute Gasteiger partial charge is 0.267 e. The molecule has 22 heavy (non-hydrogen) atoms. The topological polar surface area (TPSA) is 91.9 Å². The molecular weight excluding hydrogens is 302 g/mol. The second-order valence-electron chi connectivity index (χ2n) is 4.68. The van der Waals surface area contributed by atoms with Crippen LogP contribution in [0.25, 0.3) is 10.8 Å². The fraction of sp³-hybridized carbons (Fsp3) is 0.0667. The molecule has 2 aromatic carbocycles. The van der Waals surface area contributed by atoms with Crippen LogP contribution in [0, 0.1) is 0 Å². The van der Waals surface area contributed by atoms with Crippen molar-refractivity contribution in [3.05, 3.63) is 70.6 Å². The number of sulfonamides is 1. The predicted molar refractivity (Wildman–Crippen MR) is 82.8 cm³/mol. The Morgan fingerprint density at radius 1 is 0.955 bits per heavy atom. The molecule has 0 aliphatic heterocycles. The molecule has 0 atom stereocenters. The summed E-state index contributed by atoms with van der Waals surface area (Å²) in [6, 6.07) is 15.0. The molecule has 3 aromatic rings. The quantitative estimate of drug-likeness (QED) is 0.761. The molecular formula is C15H13N3O3S. The molecule has 0 bridgehead atoms. The molecule has 0 unspecified atom stereocenters. The number of aromatic nitrogens is 2. The Labute approximate surface area is 126 Å². The average Bonchev–Trinajstić information content (AvgIpc) is 2.55. The van der Waals surface area contributed by atoms with Gasteiger partial charge in [-0.25, -0.2) is 18.2 Å². The van der Waals surface area contributed by atoms with Crippen LogP contribution in [0.15, 0.2) is 64.3 Å². The molecule has 2 N–H and O–H groups in total. The van der Waals surface area contributed by atoms with Crippen molar-refractivity contribution in [1.29, 1.82) is 0 Å². The van der Waals surface area contributed by atoms with Gasteiger partial charge in [0, 0.05) is 5.39 Å². The minimum Gasteiger partial charge on any atom is -0.267 e. The second kappa shape index (κ2) is 5.70. The Kier molecular flexibility index (Phi) is 3.74. The van der Waals surface area contributed by atoms with Crippen molar-refractivity contribution in [3.63, 3.8) is 0 Å². The number of hydrogen-bond acceptors (Lipinski definition) is 4. The van der Waals surface area contributed by atoms with E-state index in [2.05, 4.69) is 14.9 Å². The van der Waals surface area contributed by atoms with E-state index < -0.39 is 10.0 Å². The first-order valence-electron chi connectivity index (χ1n) is 6.59. The Morgan fingerprint density at radius 2 is 1.59 bits per heavy atom. The predicted octanol–water partition coefficient (Wildman–Crippen LogP) is 1.40. The van der Waals surface area contributed by atoms with E-state index in [1.807, 2.05) is 0 Å². The van der Waals surface area contributed by atoms with Crippen LogP contribution in [0.1, 0.15) is 5.69 Å². The third-order valence-corrected chi connectivity index (χ3v) is 4.68. The van der Waals surface area contributed by atoms with Gasteiger partial charge < -0.3 is 0 Å². The van der Waals surface area contributed by atoms with E-state index >= 15 is 0 Å². The zero-order valence-corrected chi connectivity index (χ0v) is 12.3. The lowest BCUT2D eigenvalue weighted by Crippen LogP contribution is -2.25. The molecule has 1 heterocycles. The maximum absolute atomic E-state index is 12.2. The highest BCUT2D eigenvalue weighted by Gasteiger charge is 2.14. The summed E-state index contributed by atoms with van der Waals surface area (Å²) in [4.78, 5) is 11.9. The highest BCUT2D eigenvalue weighted by Crippen LogP contribution is 2.13. The maximum Gasteiger partial charge on any atom is 0.272 e. The van der Waals surface area contributed by atoms with E-state index in [1.165, 1.54) is 12.1 Å². The van der Waals surface area contributed by atoms with Gasteiger partial charge in [-0.1, -0.05) is 36.4 Å². The third-order valence-electron chi connectivity index (χ3n) is 3.26. The van der Waals surface area contributed by atoms with Crippen LogP contribution >= 0.6 is 0 Å². The highest BCUT2D eigenvalue weighted by molar-refractivity contribution is 7.89. The Balaban J connectivity index is 1.92. The lowest BCUT2D eigenvalue weighted by atomic mass is 10.1. The first-order valence-corrected chi connectivity index (χ1v) is 8.07. The van der Waals surface area contributed by atoms with Crippen molar-refractivity contribution >= 4 is 20.8 Å². The zero-order valence-electron chi connectivity index (χ0n) is 11.5. The Morgan fingerprint density at radius 3 is 2.32 bits per heavy atom. The minimum atomic E-state index is -3.62. The fourth-order valence-electron chi connectivity index (χ4n) is 2.15. The Bertz CT molecular complexity index is 966. The molecule has 0 saturated heterocycles. The molecule has 0 saturated carbocycles. The first kappa shape index (κ1) is 14.4. The summed E-state index contributed by atoms with van der Waals surface area (Å²) in [6.45, 7) is -0.00544. The van der Waals surface area contributed by atoms with Crippen LogP contribution in [-0.2, 0) is 16.6 Å². The van der Waals surface area contributed by atoms with Crippen LogP contribution < -0.4 is 10.3 Å². The highest BCUT2D eigenvalue weighted by atomic mass is 32.2. The van der Waals surface area contributed by atoms with Crippen molar-refractivity contribution in [3.8, 4) is 0 Å². The number of nitrogens with one attached hydrogen (secondary N) is 2. The standard InChI is InChI=1S/C15H13N3O3S/c19-15-13-9-5-4-8-12(13)14(17-18-15)10-16-22(20,21)11-6-2-1-3-7-11/h1-9,16H,10H2,(H,18,19). The first-order chi connectivity index (χ1) is 10.6. The van der Waals surface area contributed by atoms with E-state index in [1.54, 1.807) is 42.5 Å². The van der Waals surface area contributed by atoms with Gasteiger partial charge in [-0.05, 0) is 18.2 Å². The summed E-state index contributed by atoms with van der Waals surface area (Å²) in [5.74, 6) is 0. The molecule has 112 valence electrons. The van der Waals surface area contributed by atoms with E-state index in [0.717, 1.165) is 0 Å². The largest absolute Gasteiger partial charge is 0.272 e. The van der Waals surface area contributed by atoms with Crippen LogP contribution in [0.5, 0.6) is 0 Å². The van der Waals surface area contributed by atoms with Gasteiger partial charge in [-0.2, -0.15) is 5.10 Å². The second-order valence-corrected chi connectivity index (χ2v) is 6.45. The van der Waals surface area contributed by atoms with Gasteiger partial charge in [0.25, 0.3) is 5.56 Å². The van der Waals surface area contributed by atoms with Gasteiger partial charge in [-0.3, -0.25) is 4.79 Å². The van der Waals surface area contributed by atoms with Gasteiger partial charge >= 0.3 is 0 Å².